The Kier molecular flexibility index (Phi) is 12.0. The third kappa shape index (κ3) is 7.88. The van der Waals surface area contributed by atoms with Gasteiger partial charge in [-0.25, -0.2) is 0 Å². The van der Waals surface area contributed by atoms with Crippen molar-refractivity contribution < 1.29 is 4.42 Å². The zero-order valence-corrected chi connectivity index (χ0v) is 52.4. The van der Waals surface area contributed by atoms with E-state index in [0.717, 1.165) is 188 Å². The summed E-state index contributed by atoms with van der Waals surface area (Å²) >= 11 is 0. The molecule has 6 nitrogen and oxygen atoms in total. The zero-order valence-electron chi connectivity index (χ0n) is 52.4. The van der Waals surface area contributed by atoms with Crippen LogP contribution in [0, 0.1) is 11.3 Å². The second-order valence-corrected chi connectivity index (χ2v) is 25.2. The van der Waals surface area contributed by atoms with Crippen molar-refractivity contribution in [1.82, 2.24) is 18.3 Å². The average Bonchev–Trinajstić information content (AvgIpc) is 1.57. The molecule has 5 aromatic heterocycles. The van der Waals surface area contributed by atoms with E-state index in [2.05, 4.69) is 358 Å². The van der Waals surface area contributed by atoms with Crippen molar-refractivity contribution in [3.05, 3.63) is 339 Å². The first kappa shape index (κ1) is 54.4. The third-order valence-corrected chi connectivity index (χ3v) is 20.2. The molecule has 0 amide bonds. The predicted octanol–water partition coefficient (Wildman–Crippen LogP) is 24.2. The van der Waals surface area contributed by atoms with Crippen molar-refractivity contribution in [2.75, 3.05) is 0 Å². The molecule has 0 aliphatic rings. The van der Waals surface area contributed by atoms with Gasteiger partial charge in [-0.05, 0) is 111 Å². The summed E-state index contributed by atoms with van der Waals surface area (Å²) in [5.74, 6) is 0. The van der Waals surface area contributed by atoms with E-state index in [1.165, 1.54) is 0 Å². The number of benzene rings is 15. The Morgan fingerprint density at radius 1 is 0.216 bits per heavy atom. The fourth-order valence-electron chi connectivity index (χ4n) is 16.4. The SMILES string of the molecule is N#Cc1c(-n2c3ccccc3c3c(-c4ccccc4)cccc32)c(-n2c3ccccc3c3c(-c4ccccc4)cccc32)c(-c2cccc3oc4ccccc4c23)c(-n2c3ccccc3c3c(-c4ccccc4)cccc32)c1-n1c2ccccc2c2c(-c3ccccc3)cccc21. The number of nitrogens with zero attached hydrogens (tertiary/aromatic N) is 5. The topological polar surface area (TPSA) is 56.6 Å². The highest BCUT2D eigenvalue weighted by Gasteiger charge is 2.37. The van der Waals surface area contributed by atoms with E-state index in [4.69, 9.17) is 4.42 Å². The van der Waals surface area contributed by atoms with E-state index in [1.807, 2.05) is 0 Å². The van der Waals surface area contributed by atoms with Crippen LogP contribution in [0.3, 0.4) is 0 Å². The molecule has 0 N–H and O–H groups in total. The fraction of sp³-hybridized carbons (Fsp3) is 0. The molecule has 97 heavy (non-hydrogen) atoms. The molecule has 20 rings (SSSR count). The van der Waals surface area contributed by atoms with Crippen molar-refractivity contribution >= 4 is 109 Å². The summed E-state index contributed by atoms with van der Waals surface area (Å²) < 4.78 is 17.0. The fourth-order valence-corrected chi connectivity index (χ4v) is 16.4. The van der Waals surface area contributed by atoms with Crippen LogP contribution in [0.4, 0.5) is 0 Å². The molecule has 0 aliphatic carbocycles. The number of fused-ring (bicyclic) bond motifs is 15. The van der Waals surface area contributed by atoms with Gasteiger partial charge < -0.3 is 22.7 Å². The Balaban J connectivity index is 1.13. The van der Waals surface area contributed by atoms with E-state index in [1.54, 1.807) is 0 Å². The number of aromatic nitrogens is 4. The summed E-state index contributed by atoms with van der Waals surface area (Å²) in [5, 5.41) is 24.3. The van der Waals surface area contributed by atoms with Crippen molar-refractivity contribution in [2.45, 2.75) is 0 Å². The van der Waals surface area contributed by atoms with Crippen LogP contribution in [0.5, 0.6) is 0 Å². The van der Waals surface area contributed by atoms with E-state index in [9.17, 15) is 5.26 Å². The van der Waals surface area contributed by atoms with Crippen LogP contribution in [0.15, 0.2) is 338 Å². The number of para-hydroxylation sites is 5. The highest BCUT2D eigenvalue weighted by molar-refractivity contribution is 6.24. The molecular weight excluding hydrogens is 1180 g/mol. The lowest BCUT2D eigenvalue weighted by molar-refractivity contribution is 0.669. The van der Waals surface area contributed by atoms with Gasteiger partial charge >= 0.3 is 0 Å². The Labute approximate surface area is 557 Å². The third-order valence-electron chi connectivity index (χ3n) is 20.2. The van der Waals surface area contributed by atoms with Crippen LogP contribution in [0.2, 0.25) is 0 Å². The van der Waals surface area contributed by atoms with Gasteiger partial charge in [0.1, 0.15) is 22.8 Å². The van der Waals surface area contributed by atoms with Gasteiger partial charge in [-0.15, -0.1) is 0 Å². The lowest BCUT2D eigenvalue weighted by Crippen LogP contribution is -2.16. The van der Waals surface area contributed by atoms with Crippen LogP contribution in [0.1, 0.15) is 5.56 Å². The second kappa shape index (κ2) is 21.4. The smallest absolute Gasteiger partial charge is 0.136 e. The Morgan fingerprint density at radius 3 is 0.835 bits per heavy atom. The van der Waals surface area contributed by atoms with Crippen LogP contribution < -0.4 is 0 Å². The van der Waals surface area contributed by atoms with Gasteiger partial charge in [0.2, 0.25) is 0 Å². The Morgan fingerprint density at radius 2 is 0.485 bits per heavy atom. The van der Waals surface area contributed by atoms with Crippen LogP contribution >= 0.6 is 0 Å². The van der Waals surface area contributed by atoms with Crippen molar-refractivity contribution in [3.8, 4) is 84.5 Å². The van der Waals surface area contributed by atoms with Crippen LogP contribution in [-0.4, -0.2) is 18.3 Å². The molecule has 0 atom stereocenters. The van der Waals surface area contributed by atoms with Gasteiger partial charge in [0.15, 0.2) is 0 Å². The highest BCUT2D eigenvalue weighted by atomic mass is 16.3. The van der Waals surface area contributed by atoms with E-state index in [0.29, 0.717) is 5.56 Å². The van der Waals surface area contributed by atoms with Gasteiger partial charge in [0.25, 0.3) is 0 Å². The van der Waals surface area contributed by atoms with E-state index in [-0.39, 0.29) is 0 Å². The lowest BCUT2D eigenvalue weighted by Gasteiger charge is -2.29. The summed E-state index contributed by atoms with van der Waals surface area (Å²) in [7, 11) is 0. The maximum Gasteiger partial charge on any atom is 0.136 e. The van der Waals surface area contributed by atoms with Crippen molar-refractivity contribution in [2.24, 2.45) is 0 Å². The maximum absolute atomic E-state index is 13.7. The molecule has 0 unspecified atom stereocenters. The predicted molar refractivity (Wildman–Crippen MR) is 403 cm³/mol. The first-order valence-corrected chi connectivity index (χ1v) is 33.1. The van der Waals surface area contributed by atoms with Crippen molar-refractivity contribution in [1.29, 1.82) is 5.26 Å². The number of furan rings is 1. The first-order valence-electron chi connectivity index (χ1n) is 33.1. The summed E-state index contributed by atoms with van der Waals surface area (Å²) in [5.41, 5.74) is 23.5. The average molecular weight is 1230 g/mol. The summed E-state index contributed by atoms with van der Waals surface area (Å²) in [6, 6.07) is 123. The standard InChI is InChI=1S/C91H55N5O/c92-56-71-88(93-72-46-18-13-36-65(72)82-61(41-23-50-76(82)93)57-28-5-1-6-29-57)90(95-74-48-20-15-38-67(74)84-63(43-25-52-78(84)95)59-32-9-3-10-33-59)87(70-45-27-55-81-86(70)69-40-17-22-54-80(69)97-81)91(96-75-49-21-16-39-68(75)85-64(44-26-53-79(85)96)60-34-11-4-12-35-60)89(71)94-73-47-19-14-37-66(73)83-62(42-24-51-77(83)94)58-30-7-2-8-31-58/h1-55H. The molecule has 5 heterocycles. The Hall–Kier alpha value is -13.2. The molecule has 0 fully saturated rings. The largest absolute Gasteiger partial charge is 0.456 e. The molecule has 450 valence electrons. The molecule has 0 saturated carbocycles. The molecule has 0 saturated heterocycles. The molecule has 0 bridgehead atoms. The lowest BCUT2D eigenvalue weighted by atomic mass is 9.91. The molecule has 15 aromatic carbocycles. The molecule has 20 aromatic rings. The Bertz CT molecular complexity index is 6340. The second-order valence-electron chi connectivity index (χ2n) is 25.2. The molecule has 0 spiro atoms. The number of hydrogen-bond donors (Lipinski definition) is 0. The maximum atomic E-state index is 13.7. The van der Waals surface area contributed by atoms with Crippen molar-refractivity contribution in [3.63, 3.8) is 0 Å². The number of nitriles is 1. The van der Waals surface area contributed by atoms with Crippen LogP contribution in [0.25, 0.3) is 188 Å². The summed E-state index contributed by atoms with van der Waals surface area (Å²) in [6.07, 6.45) is 0. The van der Waals surface area contributed by atoms with Gasteiger partial charge in [-0.3, -0.25) is 0 Å². The number of hydrogen-bond acceptors (Lipinski definition) is 2. The number of rotatable bonds is 9. The minimum Gasteiger partial charge on any atom is -0.456 e. The molecular formula is C91H55N5O. The van der Waals surface area contributed by atoms with Crippen LogP contribution in [-0.2, 0) is 0 Å². The highest BCUT2D eigenvalue weighted by Crippen LogP contribution is 2.55. The normalized spacial score (nSPS) is 11.9. The van der Waals surface area contributed by atoms with Gasteiger partial charge in [0, 0.05) is 59.4 Å². The quantitative estimate of drug-likeness (QED) is 0.145. The zero-order chi connectivity index (χ0) is 63.8. The summed E-state index contributed by atoms with van der Waals surface area (Å²) in [4.78, 5) is 0. The minimum atomic E-state index is 0.480. The molecule has 6 heteroatoms. The van der Waals surface area contributed by atoms with Gasteiger partial charge in [-0.2, -0.15) is 5.26 Å². The first-order chi connectivity index (χ1) is 48.2. The van der Waals surface area contributed by atoms with E-state index >= 15 is 0 Å². The summed E-state index contributed by atoms with van der Waals surface area (Å²) in [6.45, 7) is 0. The van der Waals surface area contributed by atoms with Gasteiger partial charge in [-0.1, -0.05) is 273 Å². The van der Waals surface area contributed by atoms with Gasteiger partial charge in [0.05, 0.1) is 66.9 Å². The minimum absolute atomic E-state index is 0.480. The van der Waals surface area contributed by atoms with E-state index < -0.39 is 0 Å². The molecule has 0 aliphatic heterocycles. The monoisotopic (exact) mass is 1230 g/mol. The molecule has 0 radical (unpaired) electrons.